The lowest BCUT2D eigenvalue weighted by Crippen LogP contribution is -2.10. The first-order chi connectivity index (χ1) is 9.72. The van der Waals surface area contributed by atoms with Crippen molar-refractivity contribution in [2.45, 2.75) is 12.8 Å². The Kier molecular flexibility index (Phi) is 5.93. The van der Waals surface area contributed by atoms with E-state index < -0.39 is 0 Å². The number of halogens is 2. The standard InChI is InChI=1S/C17H18BrClO/c1-20-17-5-3-2-4-15(17)11-14(12-18)10-13-6-8-16(19)9-7-13/h2-9,14H,10-12H2,1H3. The van der Waals surface area contributed by atoms with Crippen molar-refractivity contribution >= 4 is 27.5 Å². The quantitative estimate of drug-likeness (QED) is 0.653. The molecular weight excluding hydrogens is 336 g/mol. The van der Waals surface area contributed by atoms with Crippen LogP contribution < -0.4 is 4.74 Å². The third-order valence-corrected chi connectivity index (χ3v) is 4.52. The van der Waals surface area contributed by atoms with Gasteiger partial charge < -0.3 is 4.74 Å². The van der Waals surface area contributed by atoms with Crippen molar-refractivity contribution in [1.82, 2.24) is 0 Å². The highest BCUT2D eigenvalue weighted by Crippen LogP contribution is 2.24. The molecule has 0 saturated carbocycles. The first kappa shape index (κ1) is 15.4. The van der Waals surface area contributed by atoms with Crippen LogP contribution in [0.4, 0.5) is 0 Å². The first-order valence-electron chi connectivity index (χ1n) is 6.65. The summed E-state index contributed by atoms with van der Waals surface area (Å²) in [5, 5.41) is 1.75. The van der Waals surface area contributed by atoms with Crippen LogP contribution in [-0.2, 0) is 12.8 Å². The summed E-state index contributed by atoms with van der Waals surface area (Å²) in [5.41, 5.74) is 2.57. The average Bonchev–Trinajstić information content (AvgIpc) is 2.49. The number of methoxy groups -OCH3 is 1. The summed E-state index contributed by atoms with van der Waals surface area (Å²) in [4.78, 5) is 0. The molecule has 1 atom stereocenters. The fourth-order valence-corrected chi connectivity index (χ4v) is 2.90. The van der Waals surface area contributed by atoms with Crippen LogP contribution in [0.1, 0.15) is 11.1 Å². The molecule has 0 radical (unpaired) electrons. The largest absolute Gasteiger partial charge is 0.496 e. The number of hydrogen-bond acceptors (Lipinski definition) is 1. The first-order valence-corrected chi connectivity index (χ1v) is 8.15. The third kappa shape index (κ3) is 4.26. The zero-order valence-corrected chi connectivity index (χ0v) is 13.8. The molecule has 0 N–H and O–H groups in total. The minimum Gasteiger partial charge on any atom is -0.496 e. The fraction of sp³-hybridized carbons (Fsp3) is 0.294. The maximum absolute atomic E-state index is 5.93. The Morgan fingerprint density at radius 3 is 2.40 bits per heavy atom. The van der Waals surface area contributed by atoms with Gasteiger partial charge in [-0.25, -0.2) is 0 Å². The Morgan fingerprint density at radius 2 is 1.75 bits per heavy atom. The van der Waals surface area contributed by atoms with Crippen LogP contribution in [0.5, 0.6) is 5.75 Å². The van der Waals surface area contributed by atoms with Crippen molar-refractivity contribution < 1.29 is 4.74 Å². The van der Waals surface area contributed by atoms with Crippen molar-refractivity contribution in [1.29, 1.82) is 0 Å². The summed E-state index contributed by atoms with van der Waals surface area (Å²) in [5.74, 6) is 1.50. The molecule has 0 bridgehead atoms. The Hall–Kier alpha value is -0.990. The minimum absolute atomic E-state index is 0.535. The van der Waals surface area contributed by atoms with E-state index in [1.807, 2.05) is 24.3 Å². The monoisotopic (exact) mass is 352 g/mol. The second-order valence-corrected chi connectivity index (χ2v) is 5.95. The minimum atomic E-state index is 0.535. The molecule has 2 rings (SSSR count). The highest BCUT2D eigenvalue weighted by Gasteiger charge is 2.12. The lowest BCUT2D eigenvalue weighted by atomic mass is 9.94. The summed E-state index contributed by atoms with van der Waals surface area (Å²) < 4.78 is 5.42. The summed E-state index contributed by atoms with van der Waals surface area (Å²) >= 11 is 9.55. The van der Waals surface area contributed by atoms with Gasteiger partial charge in [0.1, 0.15) is 5.75 Å². The molecule has 0 aromatic heterocycles. The molecular formula is C17H18BrClO. The maximum atomic E-state index is 5.93. The lowest BCUT2D eigenvalue weighted by Gasteiger charge is -2.16. The number of hydrogen-bond donors (Lipinski definition) is 0. The van der Waals surface area contributed by atoms with E-state index in [4.69, 9.17) is 16.3 Å². The van der Waals surface area contributed by atoms with Crippen molar-refractivity contribution in [2.24, 2.45) is 5.92 Å². The van der Waals surface area contributed by atoms with E-state index in [9.17, 15) is 0 Å². The van der Waals surface area contributed by atoms with Crippen LogP contribution in [0, 0.1) is 5.92 Å². The van der Waals surface area contributed by atoms with E-state index in [1.54, 1.807) is 7.11 Å². The van der Waals surface area contributed by atoms with Gasteiger partial charge >= 0.3 is 0 Å². The van der Waals surface area contributed by atoms with Crippen molar-refractivity contribution in [2.75, 3.05) is 12.4 Å². The van der Waals surface area contributed by atoms with E-state index >= 15 is 0 Å². The van der Waals surface area contributed by atoms with E-state index in [0.29, 0.717) is 5.92 Å². The normalized spacial score (nSPS) is 12.2. The zero-order valence-electron chi connectivity index (χ0n) is 11.5. The Bertz CT molecular complexity index is 539. The summed E-state index contributed by atoms with van der Waals surface area (Å²) in [7, 11) is 1.72. The maximum Gasteiger partial charge on any atom is 0.122 e. The smallest absolute Gasteiger partial charge is 0.122 e. The second kappa shape index (κ2) is 7.70. The van der Waals surface area contributed by atoms with Crippen molar-refractivity contribution in [3.8, 4) is 5.75 Å². The average molecular weight is 354 g/mol. The van der Waals surface area contributed by atoms with Gasteiger partial charge in [0, 0.05) is 10.4 Å². The van der Waals surface area contributed by atoms with E-state index in [2.05, 4.69) is 40.2 Å². The number of alkyl halides is 1. The molecule has 0 amide bonds. The number of rotatable bonds is 6. The third-order valence-electron chi connectivity index (χ3n) is 3.36. The van der Waals surface area contributed by atoms with Crippen molar-refractivity contribution in [3.05, 3.63) is 64.7 Å². The van der Waals surface area contributed by atoms with Gasteiger partial charge in [0.2, 0.25) is 0 Å². The van der Waals surface area contributed by atoms with Crippen LogP contribution in [0.25, 0.3) is 0 Å². The van der Waals surface area contributed by atoms with Crippen LogP contribution in [0.3, 0.4) is 0 Å². The predicted octanol–water partition coefficient (Wildman–Crippen LogP) is 5.14. The molecule has 3 heteroatoms. The molecule has 0 fully saturated rings. The highest BCUT2D eigenvalue weighted by molar-refractivity contribution is 9.09. The van der Waals surface area contributed by atoms with E-state index in [1.165, 1.54) is 11.1 Å². The van der Waals surface area contributed by atoms with Gasteiger partial charge in [-0.05, 0) is 48.1 Å². The number of para-hydroxylation sites is 1. The van der Waals surface area contributed by atoms with Gasteiger partial charge in [-0.2, -0.15) is 0 Å². The highest BCUT2D eigenvalue weighted by atomic mass is 79.9. The lowest BCUT2D eigenvalue weighted by molar-refractivity contribution is 0.406. The van der Waals surface area contributed by atoms with Gasteiger partial charge in [0.25, 0.3) is 0 Å². The molecule has 0 spiro atoms. The number of benzene rings is 2. The van der Waals surface area contributed by atoms with Crippen LogP contribution in [-0.4, -0.2) is 12.4 Å². The SMILES string of the molecule is COc1ccccc1CC(CBr)Cc1ccc(Cl)cc1. The molecule has 0 heterocycles. The summed E-state index contributed by atoms with van der Waals surface area (Å²) in [6, 6.07) is 16.3. The molecule has 0 aliphatic carbocycles. The zero-order chi connectivity index (χ0) is 14.4. The molecule has 20 heavy (non-hydrogen) atoms. The molecule has 2 aromatic carbocycles. The fourth-order valence-electron chi connectivity index (χ4n) is 2.32. The topological polar surface area (TPSA) is 9.23 Å². The predicted molar refractivity (Wildman–Crippen MR) is 89.1 cm³/mol. The molecule has 0 aliphatic heterocycles. The van der Waals surface area contributed by atoms with Crippen LogP contribution in [0.2, 0.25) is 5.02 Å². The van der Waals surface area contributed by atoms with Crippen LogP contribution >= 0.6 is 27.5 Å². The van der Waals surface area contributed by atoms with Gasteiger partial charge in [0.15, 0.2) is 0 Å². The van der Waals surface area contributed by atoms with Gasteiger partial charge in [-0.15, -0.1) is 0 Å². The Labute approximate surface area is 134 Å². The van der Waals surface area contributed by atoms with Crippen LogP contribution in [0.15, 0.2) is 48.5 Å². The Morgan fingerprint density at radius 1 is 1.05 bits per heavy atom. The van der Waals surface area contributed by atoms with Crippen molar-refractivity contribution in [3.63, 3.8) is 0 Å². The summed E-state index contributed by atoms with van der Waals surface area (Å²) in [6.45, 7) is 0. The summed E-state index contributed by atoms with van der Waals surface area (Å²) in [6.07, 6.45) is 2.03. The Balaban J connectivity index is 2.07. The molecule has 2 aromatic rings. The van der Waals surface area contributed by atoms with E-state index in [0.717, 1.165) is 28.9 Å². The van der Waals surface area contributed by atoms with Gasteiger partial charge in [0.05, 0.1) is 7.11 Å². The molecule has 1 unspecified atom stereocenters. The van der Waals surface area contributed by atoms with E-state index in [-0.39, 0.29) is 0 Å². The molecule has 1 nitrogen and oxygen atoms in total. The van der Waals surface area contributed by atoms with Gasteiger partial charge in [-0.3, -0.25) is 0 Å². The number of ether oxygens (including phenoxy) is 1. The van der Waals surface area contributed by atoms with Gasteiger partial charge in [-0.1, -0.05) is 57.9 Å². The molecule has 106 valence electrons. The molecule has 0 saturated heterocycles. The molecule has 0 aliphatic rings. The second-order valence-electron chi connectivity index (χ2n) is 4.87.